The summed E-state index contributed by atoms with van der Waals surface area (Å²) in [5.74, 6) is 0.536. The maximum absolute atomic E-state index is 12.4. The van der Waals surface area contributed by atoms with Crippen molar-refractivity contribution in [1.29, 1.82) is 0 Å². The molecule has 2 aromatic rings. The highest BCUT2D eigenvalue weighted by Gasteiger charge is 2.30. The molecule has 0 saturated heterocycles. The molecule has 0 aliphatic carbocycles. The van der Waals surface area contributed by atoms with Crippen LogP contribution < -0.4 is 14.8 Å². The number of aromatic nitrogens is 1. The van der Waals surface area contributed by atoms with Crippen LogP contribution >= 0.6 is 0 Å². The van der Waals surface area contributed by atoms with Crippen molar-refractivity contribution < 1.29 is 24.2 Å². The fraction of sp³-hybridized carbons (Fsp3) is 0.211. The van der Waals surface area contributed by atoms with Crippen molar-refractivity contribution in [2.45, 2.75) is 20.0 Å². The van der Waals surface area contributed by atoms with Gasteiger partial charge in [-0.1, -0.05) is 0 Å². The van der Waals surface area contributed by atoms with E-state index in [9.17, 15) is 14.7 Å². The smallest absolute Gasteiger partial charge is 0.257 e. The number of Topliss-reactive ketones (excluding diaryl/α,β-unsaturated/α-hetero) is 1. The summed E-state index contributed by atoms with van der Waals surface area (Å²) in [7, 11) is 0. The minimum absolute atomic E-state index is 0.132. The van der Waals surface area contributed by atoms with Gasteiger partial charge in [0, 0.05) is 16.8 Å². The fourth-order valence-corrected chi connectivity index (χ4v) is 3.20. The lowest BCUT2D eigenvalue weighted by Gasteiger charge is -2.14. The Morgan fingerprint density at radius 3 is 2.77 bits per heavy atom. The van der Waals surface area contributed by atoms with Gasteiger partial charge in [0.1, 0.15) is 6.10 Å². The number of ketones is 1. The number of hydrogen-bond acceptors (Lipinski definition) is 6. The van der Waals surface area contributed by atoms with Gasteiger partial charge in [0.25, 0.3) is 5.91 Å². The van der Waals surface area contributed by atoms with Gasteiger partial charge in [0.05, 0.1) is 17.0 Å². The summed E-state index contributed by atoms with van der Waals surface area (Å²) in [5, 5.41) is 13.3. The number of nitrogens with one attached hydrogen (secondary N) is 1. The minimum atomic E-state index is -1.28. The topological polar surface area (TPSA) is 97.8 Å². The second-order valence-corrected chi connectivity index (χ2v) is 6.15. The lowest BCUT2D eigenvalue weighted by molar-refractivity contribution is -0.114. The summed E-state index contributed by atoms with van der Waals surface area (Å²) in [4.78, 5) is 28.8. The lowest BCUT2D eigenvalue weighted by Crippen LogP contribution is -2.22. The van der Waals surface area contributed by atoms with E-state index in [2.05, 4.69) is 10.3 Å². The quantitative estimate of drug-likeness (QED) is 0.859. The lowest BCUT2D eigenvalue weighted by atomic mass is 9.98. The Hall–Kier alpha value is -3.19. The maximum Gasteiger partial charge on any atom is 0.257 e. The summed E-state index contributed by atoms with van der Waals surface area (Å²) >= 11 is 0. The Bertz CT molecular complexity index is 980. The molecule has 0 saturated carbocycles. The van der Waals surface area contributed by atoms with E-state index in [-0.39, 0.29) is 29.4 Å². The molecule has 1 unspecified atom stereocenters. The third-order valence-corrected chi connectivity index (χ3v) is 4.45. The van der Waals surface area contributed by atoms with Gasteiger partial charge in [-0.2, -0.15) is 0 Å². The molecule has 0 spiro atoms. The average molecular weight is 352 g/mol. The number of allylic oxidation sites excluding steroid dienone is 1. The highest BCUT2D eigenvalue weighted by atomic mass is 16.7. The molecule has 4 rings (SSSR count). The standard InChI is InChI=1S/C19H16N2O5/c1-9-16(10(2)22)18(23)17-12(19(24)20-9)4-5-13(21-17)11-3-6-14-15(7-11)26-8-25-14/h3-7,18,23H,8H2,1-2H3,(H,20,24). The summed E-state index contributed by atoms with van der Waals surface area (Å²) in [5.41, 5.74) is 2.15. The van der Waals surface area contributed by atoms with Crippen molar-refractivity contribution in [3.8, 4) is 22.8 Å². The molecular weight excluding hydrogens is 336 g/mol. The number of benzene rings is 1. The molecule has 1 aromatic heterocycles. The van der Waals surface area contributed by atoms with Crippen LogP contribution in [-0.2, 0) is 4.79 Å². The Labute approximate surface area is 149 Å². The number of amides is 1. The van der Waals surface area contributed by atoms with E-state index in [0.29, 0.717) is 22.9 Å². The molecule has 3 heterocycles. The maximum atomic E-state index is 12.4. The predicted molar refractivity (Wildman–Crippen MR) is 91.6 cm³/mol. The molecule has 0 radical (unpaired) electrons. The highest BCUT2D eigenvalue weighted by Crippen LogP contribution is 2.36. The first-order chi connectivity index (χ1) is 12.5. The molecule has 2 N–H and O–H groups in total. The van der Waals surface area contributed by atoms with Crippen LogP contribution in [0, 0.1) is 0 Å². The van der Waals surface area contributed by atoms with Crippen LogP contribution in [0.1, 0.15) is 36.0 Å². The van der Waals surface area contributed by atoms with Gasteiger partial charge in [0.2, 0.25) is 6.79 Å². The van der Waals surface area contributed by atoms with Crippen molar-refractivity contribution in [3.63, 3.8) is 0 Å². The second kappa shape index (κ2) is 5.96. The van der Waals surface area contributed by atoms with Crippen LogP contribution in [0.4, 0.5) is 0 Å². The average Bonchev–Trinajstić information content (AvgIpc) is 3.05. The SMILES string of the molecule is CC(=O)C1=C(C)NC(=O)c2ccc(-c3ccc4c(c3)OCO4)nc2C1O. The van der Waals surface area contributed by atoms with Gasteiger partial charge in [0.15, 0.2) is 17.3 Å². The highest BCUT2D eigenvalue weighted by molar-refractivity contribution is 6.02. The number of carbonyl (C=O) groups is 2. The molecule has 2 aliphatic rings. The van der Waals surface area contributed by atoms with Crippen molar-refractivity contribution in [1.82, 2.24) is 10.3 Å². The van der Waals surface area contributed by atoms with Crippen LogP contribution in [0.25, 0.3) is 11.3 Å². The molecule has 26 heavy (non-hydrogen) atoms. The van der Waals surface area contributed by atoms with Gasteiger partial charge in [-0.05, 0) is 44.2 Å². The Kier molecular flexibility index (Phi) is 3.73. The van der Waals surface area contributed by atoms with Crippen molar-refractivity contribution in [2.24, 2.45) is 0 Å². The number of rotatable bonds is 2. The summed E-state index contributed by atoms with van der Waals surface area (Å²) in [6.07, 6.45) is -1.28. The molecule has 2 aliphatic heterocycles. The van der Waals surface area contributed by atoms with E-state index in [1.54, 1.807) is 31.2 Å². The number of nitrogens with zero attached hydrogens (tertiary/aromatic N) is 1. The molecule has 0 bridgehead atoms. The van der Waals surface area contributed by atoms with Crippen molar-refractivity contribution >= 4 is 11.7 Å². The van der Waals surface area contributed by atoms with Crippen molar-refractivity contribution in [2.75, 3.05) is 6.79 Å². The van der Waals surface area contributed by atoms with Crippen molar-refractivity contribution in [3.05, 3.63) is 52.9 Å². The molecule has 1 amide bonds. The largest absolute Gasteiger partial charge is 0.454 e. The van der Waals surface area contributed by atoms with E-state index in [1.807, 2.05) is 6.07 Å². The summed E-state index contributed by atoms with van der Waals surface area (Å²) in [6, 6.07) is 8.67. The number of fused-ring (bicyclic) bond motifs is 2. The predicted octanol–water partition coefficient (Wildman–Crippen LogP) is 2.12. The Morgan fingerprint density at radius 2 is 2.00 bits per heavy atom. The molecule has 7 nitrogen and oxygen atoms in total. The van der Waals surface area contributed by atoms with Gasteiger partial charge in [-0.3, -0.25) is 9.59 Å². The molecule has 7 heteroatoms. The van der Waals surface area contributed by atoms with Gasteiger partial charge < -0.3 is 19.9 Å². The van der Waals surface area contributed by atoms with Crippen LogP contribution in [0.5, 0.6) is 11.5 Å². The molecule has 1 atom stereocenters. The first kappa shape index (κ1) is 16.3. The minimum Gasteiger partial charge on any atom is -0.454 e. The van der Waals surface area contributed by atoms with Gasteiger partial charge in [-0.15, -0.1) is 0 Å². The van der Waals surface area contributed by atoms with E-state index < -0.39 is 12.0 Å². The zero-order chi connectivity index (χ0) is 18.4. The Balaban J connectivity index is 1.83. The number of pyridine rings is 1. The Morgan fingerprint density at radius 1 is 1.23 bits per heavy atom. The monoisotopic (exact) mass is 352 g/mol. The molecule has 132 valence electrons. The molecular formula is C19H16N2O5. The number of hydrogen-bond donors (Lipinski definition) is 2. The fourth-order valence-electron chi connectivity index (χ4n) is 3.20. The van der Waals surface area contributed by atoms with Gasteiger partial charge in [-0.25, -0.2) is 4.98 Å². The number of carbonyl (C=O) groups excluding carboxylic acids is 2. The van der Waals surface area contributed by atoms with E-state index in [1.165, 1.54) is 6.92 Å². The molecule has 0 fully saturated rings. The first-order valence-electron chi connectivity index (χ1n) is 8.08. The van der Waals surface area contributed by atoms with E-state index in [0.717, 1.165) is 5.56 Å². The van der Waals surface area contributed by atoms with Crippen LogP contribution in [0.3, 0.4) is 0 Å². The number of aliphatic hydroxyl groups excluding tert-OH is 1. The zero-order valence-corrected chi connectivity index (χ0v) is 14.2. The van der Waals surface area contributed by atoms with E-state index in [4.69, 9.17) is 9.47 Å². The van der Waals surface area contributed by atoms with E-state index >= 15 is 0 Å². The first-order valence-corrected chi connectivity index (χ1v) is 8.08. The summed E-state index contributed by atoms with van der Waals surface area (Å²) < 4.78 is 10.7. The second-order valence-electron chi connectivity index (χ2n) is 6.15. The van der Waals surface area contributed by atoms with Gasteiger partial charge >= 0.3 is 0 Å². The third kappa shape index (κ3) is 2.53. The zero-order valence-electron chi connectivity index (χ0n) is 14.2. The third-order valence-electron chi connectivity index (χ3n) is 4.45. The number of aliphatic hydroxyl groups is 1. The normalized spacial score (nSPS) is 18.3. The summed E-state index contributed by atoms with van der Waals surface area (Å²) in [6.45, 7) is 3.10. The molecule has 1 aromatic carbocycles. The number of ether oxygens (including phenoxy) is 2. The van der Waals surface area contributed by atoms with Crippen LogP contribution in [0.15, 0.2) is 41.6 Å². The van der Waals surface area contributed by atoms with Crippen LogP contribution in [0.2, 0.25) is 0 Å². The van der Waals surface area contributed by atoms with Crippen LogP contribution in [-0.4, -0.2) is 28.6 Å².